The Labute approximate surface area is 126 Å². The van der Waals surface area contributed by atoms with E-state index in [1.165, 1.54) is 25.9 Å². The molecule has 0 aromatic heterocycles. The van der Waals surface area contributed by atoms with E-state index in [9.17, 15) is 5.26 Å². The molecule has 0 amide bonds. The van der Waals surface area contributed by atoms with E-state index in [1.54, 1.807) is 0 Å². The molecule has 20 heavy (non-hydrogen) atoms. The molecule has 0 aromatic carbocycles. The zero-order valence-electron chi connectivity index (χ0n) is 14.0. The first-order valence-corrected chi connectivity index (χ1v) is 7.84. The van der Waals surface area contributed by atoms with Crippen molar-refractivity contribution >= 4 is 0 Å². The van der Waals surface area contributed by atoms with Gasteiger partial charge in [-0.1, -0.05) is 0 Å². The third kappa shape index (κ3) is 6.21. The van der Waals surface area contributed by atoms with Crippen LogP contribution in [0.3, 0.4) is 0 Å². The Kier molecular flexibility index (Phi) is 6.44. The Bertz CT molecular complexity index is 322. The van der Waals surface area contributed by atoms with Crippen LogP contribution in [-0.4, -0.2) is 61.2 Å². The SMILES string of the molecule is CN(C)CCCCN1CCC(C#N)(NC(C)(C)C)CC1.[HH]. The fraction of sp³-hybridized carbons (Fsp3) is 0.938. The topological polar surface area (TPSA) is 42.3 Å². The van der Waals surface area contributed by atoms with E-state index in [4.69, 9.17) is 0 Å². The highest BCUT2D eigenvalue weighted by atomic mass is 15.2. The van der Waals surface area contributed by atoms with Crippen LogP contribution < -0.4 is 5.32 Å². The van der Waals surface area contributed by atoms with E-state index in [0.29, 0.717) is 0 Å². The summed E-state index contributed by atoms with van der Waals surface area (Å²) < 4.78 is 0. The number of likely N-dealkylation sites (tertiary alicyclic amines) is 1. The number of piperidine rings is 1. The second kappa shape index (κ2) is 7.40. The molecule has 0 atom stereocenters. The van der Waals surface area contributed by atoms with E-state index in [1.807, 2.05) is 0 Å². The second-order valence-corrected chi connectivity index (χ2v) is 7.42. The maximum atomic E-state index is 9.53. The monoisotopic (exact) mass is 282 g/mol. The smallest absolute Gasteiger partial charge is 0.109 e. The molecule has 1 rings (SSSR count). The molecule has 1 fully saturated rings. The van der Waals surface area contributed by atoms with Gasteiger partial charge in [0.1, 0.15) is 5.54 Å². The summed E-state index contributed by atoms with van der Waals surface area (Å²) in [6.07, 6.45) is 4.39. The standard InChI is InChI=1S/C16H32N4.H2/c1-15(2,3)18-16(14-17)8-12-20(13-9-16)11-7-6-10-19(4)5;/h18H,6-13H2,1-5H3;1H. The number of nitrogens with one attached hydrogen (secondary N) is 1. The predicted octanol–water partition coefficient (Wildman–Crippen LogP) is 2.32. The van der Waals surface area contributed by atoms with E-state index in [-0.39, 0.29) is 12.5 Å². The van der Waals surface area contributed by atoms with Gasteiger partial charge in [-0.25, -0.2) is 0 Å². The Morgan fingerprint density at radius 3 is 2.30 bits per heavy atom. The molecule has 0 bridgehead atoms. The van der Waals surface area contributed by atoms with Gasteiger partial charge in [0, 0.05) is 20.1 Å². The minimum absolute atomic E-state index is 0. The van der Waals surface area contributed by atoms with Gasteiger partial charge >= 0.3 is 0 Å². The van der Waals surface area contributed by atoms with Crippen molar-refractivity contribution in [3.05, 3.63) is 0 Å². The first-order chi connectivity index (χ1) is 9.26. The summed E-state index contributed by atoms with van der Waals surface area (Å²) >= 11 is 0. The highest BCUT2D eigenvalue weighted by Crippen LogP contribution is 2.24. The highest BCUT2D eigenvalue weighted by Gasteiger charge is 2.37. The molecule has 0 saturated carbocycles. The molecule has 4 heteroatoms. The van der Waals surface area contributed by atoms with Gasteiger partial charge in [-0.2, -0.15) is 5.26 Å². The lowest BCUT2D eigenvalue weighted by atomic mass is 9.86. The number of hydrogen-bond donors (Lipinski definition) is 1. The van der Waals surface area contributed by atoms with Crippen LogP contribution in [0.2, 0.25) is 0 Å². The molecule has 0 unspecified atom stereocenters. The maximum absolute atomic E-state index is 9.53. The summed E-state index contributed by atoms with van der Waals surface area (Å²) in [5.41, 5.74) is -0.317. The Balaban J connectivity index is 0.00000400. The largest absolute Gasteiger partial charge is 0.309 e. The number of nitriles is 1. The number of nitrogens with zero attached hydrogens (tertiary/aromatic N) is 3. The molecule has 1 heterocycles. The van der Waals surface area contributed by atoms with Crippen LogP contribution in [0.25, 0.3) is 0 Å². The van der Waals surface area contributed by atoms with E-state index in [0.717, 1.165) is 25.9 Å². The molecule has 1 aliphatic rings. The number of rotatable bonds is 6. The van der Waals surface area contributed by atoms with Crippen LogP contribution >= 0.6 is 0 Å². The van der Waals surface area contributed by atoms with Crippen molar-refractivity contribution in [1.82, 2.24) is 15.1 Å². The quantitative estimate of drug-likeness (QED) is 0.759. The van der Waals surface area contributed by atoms with Crippen molar-refractivity contribution in [2.24, 2.45) is 0 Å². The molecule has 0 aromatic rings. The van der Waals surface area contributed by atoms with Crippen molar-refractivity contribution in [3.63, 3.8) is 0 Å². The highest BCUT2D eigenvalue weighted by molar-refractivity contribution is 5.11. The third-order valence-electron chi connectivity index (χ3n) is 3.87. The van der Waals surface area contributed by atoms with Gasteiger partial charge < -0.3 is 9.80 Å². The molecule has 0 spiro atoms. The minimum atomic E-state index is -0.321. The van der Waals surface area contributed by atoms with Gasteiger partial charge in [0.05, 0.1) is 6.07 Å². The molecule has 4 nitrogen and oxygen atoms in total. The lowest BCUT2D eigenvalue weighted by Crippen LogP contribution is -2.58. The van der Waals surface area contributed by atoms with Gasteiger partial charge in [-0.3, -0.25) is 5.32 Å². The summed E-state index contributed by atoms with van der Waals surface area (Å²) in [6.45, 7) is 10.8. The third-order valence-corrected chi connectivity index (χ3v) is 3.87. The molecule has 0 aliphatic carbocycles. The lowest BCUT2D eigenvalue weighted by Gasteiger charge is -2.41. The Morgan fingerprint density at radius 2 is 1.85 bits per heavy atom. The van der Waals surface area contributed by atoms with Crippen LogP contribution in [0.15, 0.2) is 0 Å². The average Bonchev–Trinajstić information content (AvgIpc) is 2.34. The van der Waals surface area contributed by atoms with Crippen LogP contribution in [0, 0.1) is 11.3 Å². The van der Waals surface area contributed by atoms with Crippen LogP contribution in [0.4, 0.5) is 0 Å². The fourth-order valence-corrected chi connectivity index (χ4v) is 2.90. The zero-order valence-corrected chi connectivity index (χ0v) is 14.0. The van der Waals surface area contributed by atoms with Crippen LogP contribution in [0.1, 0.15) is 47.9 Å². The van der Waals surface area contributed by atoms with Crippen molar-refractivity contribution < 1.29 is 1.43 Å². The van der Waals surface area contributed by atoms with Gasteiger partial charge in [0.25, 0.3) is 0 Å². The molecule has 0 radical (unpaired) electrons. The van der Waals surface area contributed by atoms with E-state index < -0.39 is 0 Å². The van der Waals surface area contributed by atoms with Crippen molar-refractivity contribution in [2.75, 3.05) is 40.3 Å². The molecule has 1 N–H and O–H groups in total. The van der Waals surface area contributed by atoms with Gasteiger partial charge in [0.15, 0.2) is 0 Å². The summed E-state index contributed by atoms with van der Waals surface area (Å²) in [7, 11) is 4.25. The molecular formula is C16H34N4. The van der Waals surface area contributed by atoms with E-state index >= 15 is 0 Å². The number of hydrogen-bond acceptors (Lipinski definition) is 4. The molecule has 1 saturated heterocycles. The van der Waals surface area contributed by atoms with Gasteiger partial charge in [-0.15, -0.1) is 0 Å². The zero-order chi connectivity index (χ0) is 15.2. The summed E-state index contributed by atoms with van der Waals surface area (Å²) in [4.78, 5) is 4.75. The minimum Gasteiger partial charge on any atom is -0.309 e. The van der Waals surface area contributed by atoms with E-state index in [2.05, 4.69) is 56.1 Å². The first-order valence-electron chi connectivity index (χ1n) is 7.84. The van der Waals surface area contributed by atoms with Crippen molar-refractivity contribution in [2.45, 2.75) is 57.5 Å². The second-order valence-electron chi connectivity index (χ2n) is 7.42. The Hall–Kier alpha value is -0.630. The van der Waals surface area contributed by atoms with Crippen LogP contribution in [0.5, 0.6) is 0 Å². The molecule has 118 valence electrons. The number of unbranched alkanes of at least 4 members (excludes halogenated alkanes) is 1. The van der Waals surface area contributed by atoms with Gasteiger partial charge in [-0.05, 0) is 73.6 Å². The normalized spacial score (nSPS) is 20.1. The average molecular weight is 282 g/mol. The molecule has 1 aliphatic heterocycles. The summed E-state index contributed by atoms with van der Waals surface area (Å²) in [5, 5.41) is 13.1. The molecular weight excluding hydrogens is 248 g/mol. The first kappa shape index (κ1) is 17.4. The van der Waals surface area contributed by atoms with Crippen molar-refractivity contribution in [1.29, 1.82) is 5.26 Å². The van der Waals surface area contributed by atoms with Gasteiger partial charge in [0.2, 0.25) is 0 Å². The summed E-state index contributed by atoms with van der Waals surface area (Å²) in [6, 6.07) is 2.53. The predicted molar refractivity (Wildman–Crippen MR) is 86.8 cm³/mol. The fourth-order valence-electron chi connectivity index (χ4n) is 2.90. The Morgan fingerprint density at radius 1 is 1.25 bits per heavy atom. The lowest BCUT2D eigenvalue weighted by molar-refractivity contribution is 0.143. The maximum Gasteiger partial charge on any atom is 0.109 e. The van der Waals surface area contributed by atoms with Crippen LogP contribution in [-0.2, 0) is 0 Å². The van der Waals surface area contributed by atoms with Crippen molar-refractivity contribution in [3.8, 4) is 6.07 Å². The summed E-state index contributed by atoms with van der Waals surface area (Å²) in [5.74, 6) is 0.